The number of nitrogen functional groups attached to an aromatic ring is 1. The van der Waals surface area contributed by atoms with E-state index in [2.05, 4.69) is 26.2 Å². The molecule has 9 heteroatoms. The number of nitrogens with zero attached hydrogens (tertiary/aromatic N) is 2. The van der Waals surface area contributed by atoms with Crippen LogP contribution in [0.3, 0.4) is 0 Å². The van der Waals surface area contributed by atoms with Crippen LogP contribution >= 0.6 is 15.9 Å². The topological polar surface area (TPSA) is 94.1 Å². The van der Waals surface area contributed by atoms with Crippen LogP contribution in [0.1, 0.15) is 0 Å². The lowest BCUT2D eigenvalue weighted by molar-refractivity contribution is -0.384. The van der Waals surface area contributed by atoms with Crippen molar-refractivity contribution < 1.29 is 13.7 Å². The van der Waals surface area contributed by atoms with E-state index in [1.54, 1.807) is 0 Å². The summed E-state index contributed by atoms with van der Waals surface area (Å²) in [6, 6.07) is 3.95. The summed E-state index contributed by atoms with van der Waals surface area (Å²) in [5.41, 5.74) is 4.89. The van der Waals surface area contributed by atoms with Crippen molar-refractivity contribution >= 4 is 38.9 Å². The molecular formula is C11H7BrF2N4O2. The Balaban J connectivity index is 2.40. The van der Waals surface area contributed by atoms with E-state index >= 15 is 0 Å². The van der Waals surface area contributed by atoms with E-state index in [4.69, 9.17) is 5.73 Å². The molecule has 3 N–H and O–H groups in total. The van der Waals surface area contributed by atoms with Gasteiger partial charge < -0.3 is 11.1 Å². The summed E-state index contributed by atoms with van der Waals surface area (Å²) >= 11 is 2.84. The monoisotopic (exact) mass is 344 g/mol. The molecule has 0 aliphatic carbocycles. The molecule has 0 saturated heterocycles. The standard InChI is InChI=1S/C11H7BrF2N4O2/c12-6-3-8(14)9(4-7(6)13)16-11-2-5(18(19)20)1-10(15)17-11/h1-4H,(H3,15,16,17). The lowest BCUT2D eigenvalue weighted by Gasteiger charge is -2.08. The van der Waals surface area contributed by atoms with Gasteiger partial charge in [0.1, 0.15) is 23.3 Å². The molecule has 0 amide bonds. The van der Waals surface area contributed by atoms with Gasteiger partial charge in [-0.15, -0.1) is 0 Å². The highest BCUT2D eigenvalue weighted by Gasteiger charge is 2.13. The highest BCUT2D eigenvalue weighted by atomic mass is 79.9. The summed E-state index contributed by atoms with van der Waals surface area (Å²) in [5, 5.41) is 13.1. The molecule has 0 fully saturated rings. The SMILES string of the molecule is Nc1cc([N+](=O)[O-])cc(Nc2cc(F)c(Br)cc2F)n1. The zero-order valence-corrected chi connectivity index (χ0v) is 11.3. The van der Waals surface area contributed by atoms with Crippen LogP contribution in [0, 0.1) is 21.7 Å². The van der Waals surface area contributed by atoms with Crippen molar-refractivity contribution in [3.05, 3.63) is 50.5 Å². The molecule has 2 rings (SSSR count). The zero-order valence-electron chi connectivity index (χ0n) is 9.73. The molecule has 1 aromatic heterocycles. The van der Waals surface area contributed by atoms with Gasteiger partial charge in [-0.25, -0.2) is 13.8 Å². The van der Waals surface area contributed by atoms with Gasteiger partial charge in [0.05, 0.1) is 27.2 Å². The Morgan fingerprint density at radius 2 is 1.95 bits per heavy atom. The average Bonchev–Trinajstić information content (AvgIpc) is 2.35. The number of halogens is 3. The molecule has 2 aromatic rings. The minimum Gasteiger partial charge on any atom is -0.383 e. The van der Waals surface area contributed by atoms with Crippen LogP contribution in [0.2, 0.25) is 0 Å². The second kappa shape index (κ2) is 5.37. The quantitative estimate of drug-likeness (QED) is 0.505. The Bertz CT molecular complexity index is 696. The Kier molecular flexibility index (Phi) is 3.79. The normalized spacial score (nSPS) is 10.3. The van der Waals surface area contributed by atoms with Crippen molar-refractivity contribution in [3.8, 4) is 0 Å². The van der Waals surface area contributed by atoms with Crippen molar-refractivity contribution in [3.63, 3.8) is 0 Å². The Labute approximate surface area is 119 Å². The molecule has 1 aromatic carbocycles. The number of pyridine rings is 1. The van der Waals surface area contributed by atoms with Crippen LogP contribution in [-0.2, 0) is 0 Å². The van der Waals surface area contributed by atoms with Crippen LogP contribution in [-0.4, -0.2) is 9.91 Å². The molecular weight excluding hydrogens is 338 g/mol. The van der Waals surface area contributed by atoms with E-state index in [1.165, 1.54) is 0 Å². The minimum atomic E-state index is -0.745. The Morgan fingerprint density at radius 1 is 1.25 bits per heavy atom. The highest BCUT2D eigenvalue weighted by Crippen LogP contribution is 2.27. The van der Waals surface area contributed by atoms with Crippen LogP contribution in [0.15, 0.2) is 28.7 Å². The van der Waals surface area contributed by atoms with Crippen molar-refractivity contribution in [2.75, 3.05) is 11.1 Å². The van der Waals surface area contributed by atoms with Crippen LogP contribution in [0.25, 0.3) is 0 Å². The van der Waals surface area contributed by atoms with Gasteiger partial charge in [-0.3, -0.25) is 10.1 Å². The Hall–Kier alpha value is -2.29. The molecule has 6 nitrogen and oxygen atoms in total. The molecule has 0 spiro atoms. The van der Waals surface area contributed by atoms with E-state index in [-0.39, 0.29) is 27.5 Å². The van der Waals surface area contributed by atoms with Crippen LogP contribution in [0.5, 0.6) is 0 Å². The van der Waals surface area contributed by atoms with Crippen molar-refractivity contribution in [1.82, 2.24) is 4.98 Å². The van der Waals surface area contributed by atoms with E-state index in [0.29, 0.717) is 0 Å². The smallest absolute Gasteiger partial charge is 0.276 e. The molecule has 0 atom stereocenters. The molecule has 0 radical (unpaired) electrons. The molecule has 0 saturated carbocycles. The van der Waals surface area contributed by atoms with Gasteiger partial charge in [-0.1, -0.05) is 0 Å². The van der Waals surface area contributed by atoms with Gasteiger partial charge in [0, 0.05) is 6.07 Å². The van der Waals surface area contributed by atoms with Gasteiger partial charge in [-0.05, 0) is 22.0 Å². The summed E-state index contributed by atoms with van der Waals surface area (Å²) in [6.45, 7) is 0. The van der Waals surface area contributed by atoms with E-state index in [0.717, 1.165) is 24.3 Å². The molecule has 104 valence electrons. The fourth-order valence-electron chi connectivity index (χ4n) is 1.46. The maximum Gasteiger partial charge on any atom is 0.276 e. The number of hydrogen-bond acceptors (Lipinski definition) is 5. The summed E-state index contributed by atoms with van der Waals surface area (Å²) < 4.78 is 26.9. The fraction of sp³-hybridized carbons (Fsp3) is 0. The first-order valence-electron chi connectivity index (χ1n) is 5.20. The average molecular weight is 345 g/mol. The van der Waals surface area contributed by atoms with E-state index in [9.17, 15) is 18.9 Å². The first kappa shape index (κ1) is 14.1. The molecule has 0 bridgehead atoms. The number of benzene rings is 1. The number of rotatable bonds is 3. The number of nitro groups is 1. The van der Waals surface area contributed by atoms with Crippen molar-refractivity contribution in [2.24, 2.45) is 0 Å². The van der Waals surface area contributed by atoms with E-state index < -0.39 is 16.6 Å². The summed E-state index contributed by atoms with van der Waals surface area (Å²) in [7, 11) is 0. The molecule has 0 unspecified atom stereocenters. The predicted molar refractivity (Wildman–Crippen MR) is 72.6 cm³/mol. The predicted octanol–water partition coefficient (Wildman–Crippen LogP) is 3.36. The molecule has 1 heterocycles. The van der Waals surface area contributed by atoms with Crippen molar-refractivity contribution in [2.45, 2.75) is 0 Å². The highest BCUT2D eigenvalue weighted by molar-refractivity contribution is 9.10. The second-order valence-electron chi connectivity index (χ2n) is 3.76. The maximum absolute atomic E-state index is 13.6. The first-order chi connectivity index (χ1) is 9.36. The van der Waals surface area contributed by atoms with Crippen molar-refractivity contribution in [1.29, 1.82) is 0 Å². The Morgan fingerprint density at radius 3 is 2.60 bits per heavy atom. The number of nitrogens with one attached hydrogen (secondary N) is 1. The van der Waals surface area contributed by atoms with E-state index in [1.807, 2.05) is 0 Å². The summed E-state index contributed by atoms with van der Waals surface area (Å²) in [4.78, 5) is 13.8. The first-order valence-corrected chi connectivity index (χ1v) is 5.99. The largest absolute Gasteiger partial charge is 0.383 e. The number of nitrogens with two attached hydrogens (primary N) is 1. The number of hydrogen-bond donors (Lipinski definition) is 2. The van der Waals surface area contributed by atoms with Gasteiger partial charge >= 0.3 is 0 Å². The maximum atomic E-state index is 13.6. The minimum absolute atomic E-state index is 0.0351. The van der Waals surface area contributed by atoms with Gasteiger partial charge in [0.2, 0.25) is 0 Å². The zero-order chi connectivity index (χ0) is 14.9. The second-order valence-corrected chi connectivity index (χ2v) is 4.62. The van der Waals surface area contributed by atoms with Crippen LogP contribution in [0.4, 0.5) is 31.8 Å². The van der Waals surface area contributed by atoms with Gasteiger partial charge in [0.15, 0.2) is 0 Å². The third-order valence-corrected chi connectivity index (χ3v) is 2.92. The lowest BCUT2D eigenvalue weighted by Crippen LogP contribution is -2.01. The molecule has 20 heavy (non-hydrogen) atoms. The molecule has 0 aliphatic heterocycles. The third-order valence-electron chi connectivity index (χ3n) is 2.31. The van der Waals surface area contributed by atoms with Gasteiger partial charge in [0.25, 0.3) is 5.69 Å². The summed E-state index contributed by atoms with van der Waals surface area (Å²) in [5.74, 6) is -1.60. The third kappa shape index (κ3) is 2.99. The van der Waals surface area contributed by atoms with Crippen LogP contribution < -0.4 is 11.1 Å². The number of anilines is 3. The lowest BCUT2D eigenvalue weighted by atomic mass is 10.3. The molecule has 0 aliphatic rings. The number of aromatic nitrogens is 1. The fourth-order valence-corrected chi connectivity index (χ4v) is 1.78. The van der Waals surface area contributed by atoms with Gasteiger partial charge in [-0.2, -0.15) is 0 Å². The summed E-state index contributed by atoms with van der Waals surface area (Å²) in [6.07, 6.45) is 0.